The van der Waals surface area contributed by atoms with E-state index in [1.165, 1.54) is 0 Å². The average Bonchev–Trinajstić information content (AvgIpc) is 2.28. The van der Waals surface area contributed by atoms with Gasteiger partial charge >= 0.3 is 0 Å². The summed E-state index contributed by atoms with van der Waals surface area (Å²) in [4.78, 5) is 2.46. The van der Waals surface area contributed by atoms with Crippen molar-refractivity contribution in [3.63, 3.8) is 0 Å². The van der Waals surface area contributed by atoms with Crippen LogP contribution in [-0.4, -0.2) is 56.5 Å². The van der Waals surface area contributed by atoms with Crippen molar-refractivity contribution in [3.8, 4) is 0 Å². The average molecular weight is 258 g/mol. The van der Waals surface area contributed by atoms with Gasteiger partial charge in [-0.05, 0) is 26.3 Å². The molecule has 1 aliphatic carbocycles. The molecule has 3 fully saturated rings. The summed E-state index contributed by atoms with van der Waals surface area (Å²) in [7, 11) is 1.86. The summed E-state index contributed by atoms with van der Waals surface area (Å²) in [6.07, 6.45) is 2.16. The minimum absolute atomic E-state index is 0.0820. The molecule has 2 aliphatic heterocycles. The molecule has 1 spiro atoms. The predicted molar refractivity (Wildman–Crippen MR) is 71.6 cm³/mol. The zero-order chi connectivity index (χ0) is 13.2. The smallest absolute Gasteiger partial charge is 0.117 e. The molecule has 1 saturated carbocycles. The summed E-state index contributed by atoms with van der Waals surface area (Å²) in [5, 5.41) is 3.07. The molecule has 106 valence electrons. The second-order valence-corrected chi connectivity index (χ2v) is 5.78. The van der Waals surface area contributed by atoms with Crippen molar-refractivity contribution in [2.75, 3.05) is 33.4 Å². The standard InChI is InChI=1S/C12H21FN2O.C2H6/c1-14-11-3-2-9(4-10(11)13)15-5-12(6-15)7-16-8-12;1-2/h9-11,14H,2-8H2,1H3;1-2H3. The van der Waals surface area contributed by atoms with E-state index >= 15 is 0 Å². The van der Waals surface area contributed by atoms with E-state index in [1.807, 2.05) is 20.9 Å². The Balaban J connectivity index is 0.000000574. The molecule has 2 heterocycles. The van der Waals surface area contributed by atoms with Crippen LogP contribution in [0, 0.1) is 5.41 Å². The molecule has 3 unspecified atom stereocenters. The van der Waals surface area contributed by atoms with Crippen LogP contribution in [0.2, 0.25) is 0 Å². The number of likely N-dealkylation sites (tertiary alicyclic amines) is 1. The summed E-state index contributed by atoms with van der Waals surface area (Å²) >= 11 is 0. The molecule has 1 N–H and O–H groups in total. The van der Waals surface area contributed by atoms with E-state index in [0.29, 0.717) is 17.9 Å². The van der Waals surface area contributed by atoms with Gasteiger partial charge in [0.15, 0.2) is 0 Å². The maximum absolute atomic E-state index is 13.8. The lowest BCUT2D eigenvalue weighted by Gasteiger charge is -2.58. The zero-order valence-electron chi connectivity index (χ0n) is 11.9. The highest BCUT2D eigenvalue weighted by molar-refractivity contribution is 5.03. The molecule has 0 bridgehead atoms. The Hall–Kier alpha value is -0.190. The van der Waals surface area contributed by atoms with Gasteiger partial charge in [0.25, 0.3) is 0 Å². The van der Waals surface area contributed by atoms with Crippen LogP contribution in [0.25, 0.3) is 0 Å². The second-order valence-electron chi connectivity index (χ2n) is 5.78. The Labute approximate surface area is 110 Å². The lowest BCUT2D eigenvalue weighted by Crippen LogP contribution is -2.68. The first-order chi connectivity index (χ1) is 8.72. The van der Waals surface area contributed by atoms with Crippen molar-refractivity contribution in [3.05, 3.63) is 0 Å². The second kappa shape index (κ2) is 5.85. The van der Waals surface area contributed by atoms with Gasteiger partial charge in [0.05, 0.1) is 13.2 Å². The van der Waals surface area contributed by atoms with Crippen LogP contribution in [0.15, 0.2) is 0 Å². The fourth-order valence-electron chi connectivity index (χ4n) is 3.40. The van der Waals surface area contributed by atoms with Crippen molar-refractivity contribution in [1.82, 2.24) is 10.2 Å². The van der Waals surface area contributed by atoms with Crippen molar-refractivity contribution in [1.29, 1.82) is 0 Å². The van der Waals surface area contributed by atoms with E-state index < -0.39 is 6.17 Å². The molecule has 0 aromatic heterocycles. The Morgan fingerprint density at radius 2 is 1.89 bits per heavy atom. The molecule has 0 aromatic carbocycles. The summed E-state index contributed by atoms with van der Waals surface area (Å²) in [6.45, 7) is 8.12. The first kappa shape index (κ1) is 14.2. The quantitative estimate of drug-likeness (QED) is 0.818. The molecule has 3 atom stereocenters. The third kappa shape index (κ3) is 2.56. The van der Waals surface area contributed by atoms with Crippen LogP contribution in [0.1, 0.15) is 33.1 Å². The maximum Gasteiger partial charge on any atom is 0.117 e. The van der Waals surface area contributed by atoms with Gasteiger partial charge in [-0.3, -0.25) is 4.90 Å². The van der Waals surface area contributed by atoms with Gasteiger partial charge in [0.2, 0.25) is 0 Å². The summed E-state index contributed by atoms with van der Waals surface area (Å²) in [5.41, 5.74) is 0.464. The molecule has 4 heteroatoms. The molecule has 0 amide bonds. The highest BCUT2D eigenvalue weighted by atomic mass is 19.1. The third-order valence-electron chi connectivity index (χ3n) is 4.53. The third-order valence-corrected chi connectivity index (χ3v) is 4.53. The van der Waals surface area contributed by atoms with E-state index in [9.17, 15) is 4.39 Å². The fourth-order valence-corrected chi connectivity index (χ4v) is 3.40. The van der Waals surface area contributed by atoms with Gasteiger partial charge in [0, 0.05) is 30.6 Å². The number of halogens is 1. The molecule has 3 rings (SSSR count). The van der Waals surface area contributed by atoms with Gasteiger partial charge in [0.1, 0.15) is 6.17 Å². The van der Waals surface area contributed by atoms with Crippen molar-refractivity contribution in [2.45, 2.75) is 51.4 Å². The van der Waals surface area contributed by atoms with Gasteiger partial charge in [-0.1, -0.05) is 13.8 Å². The minimum Gasteiger partial charge on any atom is -0.380 e. The number of hydrogen-bond acceptors (Lipinski definition) is 3. The number of nitrogens with zero attached hydrogens (tertiary/aromatic N) is 1. The van der Waals surface area contributed by atoms with E-state index in [0.717, 1.165) is 39.1 Å². The van der Waals surface area contributed by atoms with Gasteiger partial charge in [-0.25, -0.2) is 4.39 Å². The van der Waals surface area contributed by atoms with Crippen LogP contribution in [0.5, 0.6) is 0 Å². The Kier molecular flexibility index (Phi) is 4.62. The summed E-state index contributed by atoms with van der Waals surface area (Å²) in [5.74, 6) is 0. The first-order valence-corrected chi connectivity index (χ1v) is 7.36. The Morgan fingerprint density at radius 1 is 1.22 bits per heavy atom. The molecular weight excluding hydrogens is 231 g/mol. The highest BCUT2D eigenvalue weighted by Crippen LogP contribution is 2.41. The van der Waals surface area contributed by atoms with Crippen LogP contribution in [-0.2, 0) is 4.74 Å². The van der Waals surface area contributed by atoms with Crippen molar-refractivity contribution < 1.29 is 9.13 Å². The Morgan fingerprint density at radius 3 is 2.33 bits per heavy atom. The monoisotopic (exact) mass is 258 g/mol. The number of rotatable bonds is 2. The van der Waals surface area contributed by atoms with Crippen LogP contribution < -0.4 is 5.32 Å². The molecule has 3 nitrogen and oxygen atoms in total. The lowest BCUT2D eigenvalue weighted by atomic mass is 9.75. The van der Waals surface area contributed by atoms with Crippen LogP contribution in [0.4, 0.5) is 4.39 Å². The first-order valence-electron chi connectivity index (χ1n) is 7.36. The minimum atomic E-state index is -0.669. The van der Waals surface area contributed by atoms with Gasteiger partial charge in [-0.15, -0.1) is 0 Å². The highest BCUT2D eigenvalue weighted by Gasteiger charge is 2.51. The Bertz CT molecular complexity index is 263. The maximum atomic E-state index is 13.8. The lowest BCUT2D eigenvalue weighted by molar-refractivity contribution is -0.202. The number of alkyl halides is 1. The van der Waals surface area contributed by atoms with E-state index in [4.69, 9.17) is 4.74 Å². The largest absolute Gasteiger partial charge is 0.380 e. The predicted octanol–water partition coefficient (Wildman–Crippen LogP) is 1.82. The van der Waals surface area contributed by atoms with Crippen molar-refractivity contribution in [2.24, 2.45) is 5.41 Å². The topological polar surface area (TPSA) is 24.5 Å². The fraction of sp³-hybridized carbons (Fsp3) is 1.00. The number of nitrogens with one attached hydrogen (secondary N) is 1. The van der Waals surface area contributed by atoms with E-state index in [1.54, 1.807) is 0 Å². The van der Waals surface area contributed by atoms with Crippen molar-refractivity contribution >= 4 is 0 Å². The molecule has 18 heavy (non-hydrogen) atoms. The van der Waals surface area contributed by atoms with Gasteiger partial charge in [-0.2, -0.15) is 0 Å². The zero-order valence-corrected chi connectivity index (χ0v) is 11.9. The normalized spacial score (nSPS) is 38.3. The molecule has 0 aromatic rings. The molecular formula is C14H27FN2O. The van der Waals surface area contributed by atoms with E-state index in [-0.39, 0.29) is 6.04 Å². The number of ether oxygens (including phenoxy) is 1. The summed E-state index contributed by atoms with van der Waals surface area (Å²) in [6, 6.07) is 0.560. The van der Waals surface area contributed by atoms with Crippen LogP contribution in [0.3, 0.4) is 0 Å². The molecule has 2 saturated heterocycles. The van der Waals surface area contributed by atoms with E-state index in [2.05, 4.69) is 10.2 Å². The molecule has 3 aliphatic rings. The number of hydrogen-bond donors (Lipinski definition) is 1. The van der Waals surface area contributed by atoms with Crippen LogP contribution >= 0.6 is 0 Å². The SMILES string of the molecule is CC.CNC1CCC(N2CC3(COC3)C2)CC1F. The molecule has 0 radical (unpaired) electrons. The van der Waals surface area contributed by atoms with Gasteiger partial charge < -0.3 is 10.1 Å². The summed E-state index contributed by atoms with van der Waals surface area (Å²) < 4.78 is 19.1.